The Morgan fingerprint density at radius 2 is 1.04 bits per heavy atom. The number of halogens is 1. The molecule has 1 aromatic carbocycles. The zero-order chi connectivity index (χ0) is 17.3. The van der Waals surface area contributed by atoms with Crippen LogP contribution in [-0.4, -0.2) is 18.2 Å². The molecule has 0 aliphatic carbocycles. The van der Waals surface area contributed by atoms with Gasteiger partial charge in [-0.25, -0.2) is 0 Å². The van der Waals surface area contributed by atoms with Gasteiger partial charge in [-0.1, -0.05) is 115 Å². The number of hydrogen-bond donors (Lipinski definition) is 0. The third-order valence-electron chi connectivity index (χ3n) is 5.00. The molecule has 0 amide bonds. The molecular weight excluding hydrogens is 368 g/mol. The summed E-state index contributed by atoms with van der Waals surface area (Å²) >= 11 is 3.48. The van der Waals surface area contributed by atoms with E-state index in [4.69, 9.17) is 0 Å². The molecule has 24 heavy (non-hydrogen) atoms. The third kappa shape index (κ3) is 12.8. The molecular formula is C22H37BrMg. The Balaban J connectivity index is 1.80. The lowest BCUT2D eigenvalue weighted by molar-refractivity contribution is 0.535. The van der Waals surface area contributed by atoms with Crippen LogP contribution >= 0.6 is 12.9 Å². The van der Waals surface area contributed by atoms with Gasteiger partial charge in [0.2, 0.25) is 0 Å². The molecule has 0 atom stereocenters. The summed E-state index contributed by atoms with van der Waals surface area (Å²) in [6, 6.07) is 9.26. The van der Waals surface area contributed by atoms with Crippen LogP contribution in [0.2, 0.25) is 0 Å². The maximum Gasteiger partial charge on any atom is 0.506 e. The summed E-state index contributed by atoms with van der Waals surface area (Å²) in [5, 5.41) is 0. The summed E-state index contributed by atoms with van der Waals surface area (Å²) in [7, 11) is 0. The van der Waals surface area contributed by atoms with Crippen molar-refractivity contribution >= 4 is 34.8 Å². The zero-order valence-electron chi connectivity index (χ0n) is 16.0. The molecule has 2 heteroatoms. The highest BCUT2D eigenvalue weighted by atomic mass is 79.9. The van der Waals surface area contributed by atoms with E-state index in [0.717, 1.165) is 0 Å². The van der Waals surface area contributed by atoms with Crippen molar-refractivity contribution in [3.8, 4) is 0 Å². The molecule has 0 unspecified atom stereocenters. The van der Waals surface area contributed by atoms with Crippen LogP contribution in [0.3, 0.4) is 0 Å². The van der Waals surface area contributed by atoms with E-state index in [1.165, 1.54) is 106 Å². The molecule has 0 aliphatic heterocycles. The maximum atomic E-state index is 3.64. The van der Waals surface area contributed by atoms with Gasteiger partial charge in [-0.3, -0.25) is 12.9 Å². The van der Waals surface area contributed by atoms with Crippen LogP contribution in [0.4, 0.5) is 0 Å². The third-order valence-corrected chi connectivity index (χ3v) is 7.72. The van der Waals surface area contributed by atoms with Crippen molar-refractivity contribution in [3.63, 3.8) is 0 Å². The van der Waals surface area contributed by atoms with Crippen molar-refractivity contribution in [1.29, 1.82) is 0 Å². The minimum absolute atomic E-state index is 0.159. The van der Waals surface area contributed by atoms with E-state index in [9.17, 15) is 0 Å². The Labute approximate surface area is 167 Å². The van der Waals surface area contributed by atoms with Gasteiger partial charge in [-0.05, 0) is 18.4 Å². The summed E-state index contributed by atoms with van der Waals surface area (Å²) in [5.41, 5.74) is 1.52. The Hall–Kier alpha value is 0.466. The molecule has 0 saturated heterocycles. The molecule has 0 bridgehead atoms. The number of rotatable bonds is 16. The van der Waals surface area contributed by atoms with Gasteiger partial charge in [0.25, 0.3) is 0 Å². The van der Waals surface area contributed by atoms with Crippen LogP contribution < -0.4 is 3.69 Å². The second-order valence-corrected chi connectivity index (χ2v) is 10.1. The molecule has 0 radical (unpaired) electrons. The van der Waals surface area contributed by atoms with Gasteiger partial charge in [0.05, 0.1) is 0 Å². The minimum Gasteiger partial charge on any atom is -0.296 e. The fourth-order valence-corrected chi connectivity index (χ4v) is 4.85. The first-order valence-corrected chi connectivity index (χ1v) is 15.1. The Morgan fingerprint density at radius 1 is 0.625 bits per heavy atom. The van der Waals surface area contributed by atoms with Crippen molar-refractivity contribution in [2.45, 2.75) is 103 Å². The van der Waals surface area contributed by atoms with Gasteiger partial charge in [0.15, 0.2) is 0 Å². The first-order valence-electron chi connectivity index (χ1n) is 10.5. The Morgan fingerprint density at radius 3 is 1.46 bits per heavy atom. The smallest absolute Gasteiger partial charge is 0.296 e. The Kier molecular flexibility index (Phi) is 15.9. The fraction of sp³-hybridized carbons (Fsp3) is 0.727. The highest BCUT2D eigenvalue weighted by molar-refractivity contribution is 9.23. The van der Waals surface area contributed by atoms with Crippen LogP contribution in [0.15, 0.2) is 24.3 Å². The van der Waals surface area contributed by atoms with Crippen LogP contribution in [-0.2, 0) is 6.42 Å². The zero-order valence-corrected chi connectivity index (χ0v) is 19.0. The van der Waals surface area contributed by atoms with E-state index >= 15 is 0 Å². The van der Waals surface area contributed by atoms with Gasteiger partial charge in [0.1, 0.15) is 0 Å². The molecule has 0 N–H and O–H groups in total. The van der Waals surface area contributed by atoms with Gasteiger partial charge < -0.3 is 0 Å². The van der Waals surface area contributed by atoms with E-state index in [-0.39, 0.29) is 18.2 Å². The number of unbranched alkanes of at least 4 members (excludes halogenated alkanes) is 13. The van der Waals surface area contributed by atoms with Gasteiger partial charge in [-0.2, -0.15) is 3.69 Å². The quantitative estimate of drug-likeness (QED) is 0.199. The molecule has 134 valence electrons. The van der Waals surface area contributed by atoms with E-state index in [2.05, 4.69) is 44.1 Å². The molecule has 0 nitrogen and oxygen atoms in total. The van der Waals surface area contributed by atoms with Crippen molar-refractivity contribution in [1.82, 2.24) is 0 Å². The molecule has 0 aromatic heterocycles. The lowest BCUT2D eigenvalue weighted by atomic mass is 10.0. The first kappa shape index (κ1) is 22.5. The summed E-state index contributed by atoms with van der Waals surface area (Å²) < 4.78 is 1.51. The lowest BCUT2D eigenvalue weighted by Crippen LogP contribution is -2.06. The summed E-state index contributed by atoms with van der Waals surface area (Å²) in [4.78, 5) is 0. The molecule has 0 saturated carbocycles. The molecule has 0 spiro atoms. The highest BCUT2D eigenvalue weighted by Gasteiger charge is 1.97. The largest absolute Gasteiger partial charge is 0.506 e. The normalized spacial score (nSPS) is 10.8. The van der Waals surface area contributed by atoms with Crippen molar-refractivity contribution in [2.24, 2.45) is 0 Å². The van der Waals surface area contributed by atoms with Gasteiger partial charge in [0, 0.05) is 0 Å². The average Bonchev–Trinajstić information content (AvgIpc) is 2.62. The number of hydrogen-bond acceptors (Lipinski definition) is 0. The van der Waals surface area contributed by atoms with Gasteiger partial charge >= 0.3 is 18.2 Å². The average molecular weight is 406 g/mol. The monoisotopic (exact) mass is 404 g/mol. The minimum atomic E-state index is -0.159. The van der Waals surface area contributed by atoms with Crippen molar-refractivity contribution < 1.29 is 0 Å². The van der Waals surface area contributed by atoms with Crippen molar-refractivity contribution in [3.05, 3.63) is 29.8 Å². The van der Waals surface area contributed by atoms with Crippen molar-refractivity contribution in [2.75, 3.05) is 0 Å². The number of benzene rings is 1. The fourth-order valence-electron chi connectivity index (χ4n) is 3.32. The highest BCUT2D eigenvalue weighted by Crippen LogP contribution is 2.13. The second kappa shape index (κ2) is 16.9. The molecule has 1 aromatic rings. The molecule has 0 aliphatic rings. The molecule has 0 fully saturated rings. The van der Waals surface area contributed by atoms with Crippen LogP contribution in [0.25, 0.3) is 0 Å². The van der Waals surface area contributed by atoms with E-state index in [0.29, 0.717) is 0 Å². The molecule has 1 rings (SSSR count). The predicted octanol–water partition coefficient (Wildman–Crippen LogP) is 7.35. The SMILES string of the molecule is CCCCCCCCCCCCCCCCc1cc[c]([Mg][Br])cc1. The summed E-state index contributed by atoms with van der Waals surface area (Å²) in [6.45, 7) is 2.30. The maximum absolute atomic E-state index is 3.64. The van der Waals surface area contributed by atoms with Crippen LogP contribution in [0.1, 0.15) is 102 Å². The summed E-state index contributed by atoms with van der Waals surface area (Å²) in [5.74, 6) is 0. The van der Waals surface area contributed by atoms with Gasteiger partial charge in [-0.15, -0.1) is 0 Å². The molecule has 0 heterocycles. The van der Waals surface area contributed by atoms with Crippen LogP contribution in [0.5, 0.6) is 0 Å². The van der Waals surface area contributed by atoms with E-state index in [1.54, 1.807) is 0 Å². The predicted molar refractivity (Wildman–Crippen MR) is 115 cm³/mol. The van der Waals surface area contributed by atoms with E-state index < -0.39 is 0 Å². The number of aryl methyl sites for hydroxylation is 1. The Bertz CT molecular complexity index is 374. The second-order valence-electron chi connectivity index (χ2n) is 7.30. The van der Waals surface area contributed by atoms with E-state index in [1.807, 2.05) is 0 Å². The summed E-state index contributed by atoms with van der Waals surface area (Å²) in [6.07, 6.45) is 21.5. The topological polar surface area (TPSA) is 0 Å². The lowest BCUT2D eigenvalue weighted by Gasteiger charge is -2.04. The standard InChI is InChI=1S/C22H37.BrH.Mg/c1-2-3-4-5-6-7-8-9-10-11-12-13-14-16-19-22-20-17-15-18-21-22;;/h17-18,20-21H,2-14,16,19H2,1H3;1H;/q;;+1/p-1. The first-order chi connectivity index (χ1) is 11.9. The van der Waals surface area contributed by atoms with Crippen LogP contribution in [0, 0.1) is 0 Å².